The Morgan fingerprint density at radius 2 is 1.68 bits per heavy atom. The van der Waals surface area contributed by atoms with Gasteiger partial charge >= 0.3 is 6.03 Å². The third-order valence-electron chi connectivity index (χ3n) is 4.86. The number of halogens is 2. The lowest BCUT2D eigenvalue weighted by atomic mass is 9.81. The molecule has 1 aromatic rings. The highest BCUT2D eigenvalue weighted by Gasteiger charge is 2.55. The molecule has 0 radical (unpaired) electrons. The molecule has 2 fully saturated rings. The molecule has 1 aliphatic heterocycles. The number of benzene rings is 1. The van der Waals surface area contributed by atoms with Gasteiger partial charge in [-0.25, -0.2) is 4.79 Å². The number of carbonyl (C=O) groups is 2. The third kappa shape index (κ3) is 2.29. The molecular formula is C16H18Cl2N2O2. The highest BCUT2D eigenvalue weighted by atomic mass is 35.5. The normalized spacial score (nSPS) is 21.0. The first-order valence-corrected chi connectivity index (χ1v) is 8.25. The summed E-state index contributed by atoms with van der Waals surface area (Å²) in [5, 5.41) is 0.945. The third-order valence-corrected chi connectivity index (χ3v) is 5.57. The summed E-state index contributed by atoms with van der Waals surface area (Å²) >= 11 is 12.3. The van der Waals surface area contributed by atoms with Gasteiger partial charge in [0.15, 0.2) is 0 Å². The Balaban J connectivity index is 1.92. The second-order valence-corrected chi connectivity index (χ2v) is 6.84. The molecule has 1 heterocycles. The Hall–Kier alpha value is -1.26. The van der Waals surface area contributed by atoms with Crippen LogP contribution in [-0.4, -0.2) is 34.3 Å². The van der Waals surface area contributed by atoms with Crippen molar-refractivity contribution in [3.63, 3.8) is 0 Å². The Kier molecular flexibility index (Phi) is 4.08. The Morgan fingerprint density at radius 1 is 1.09 bits per heavy atom. The van der Waals surface area contributed by atoms with Gasteiger partial charge in [-0.15, -0.1) is 0 Å². The van der Waals surface area contributed by atoms with Crippen molar-refractivity contribution in [2.75, 3.05) is 7.05 Å². The van der Waals surface area contributed by atoms with Gasteiger partial charge in [0.1, 0.15) is 5.54 Å². The second kappa shape index (κ2) is 5.74. The molecule has 0 N–H and O–H groups in total. The highest BCUT2D eigenvalue weighted by Crippen LogP contribution is 2.40. The predicted molar refractivity (Wildman–Crippen MR) is 86.0 cm³/mol. The van der Waals surface area contributed by atoms with Gasteiger partial charge in [0.25, 0.3) is 5.91 Å². The van der Waals surface area contributed by atoms with Crippen molar-refractivity contribution in [1.82, 2.24) is 9.80 Å². The number of carbonyl (C=O) groups excluding carboxylic acids is 2. The number of imide groups is 1. The largest absolute Gasteiger partial charge is 0.327 e. The molecule has 2 aliphatic rings. The van der Waals surface area contributed by atoms with Gasteiger partial charge in [-0.05, 0) is 25.0 Å². The summed E-state index contributed by atoms with van der Waals surface area (Å²) in [6.45, 7) is 0.127. The number of likely N-dealkylation sites (N-methyl/N-ethyl adjacent to an activating group) is 1. The van der Waals surface area contributed by atoms with Crippen molar-refractivity contribution in [2.24, 2.45) is 0 Å². The SMILES string of the molecule is CN1C(=O)N(Cc2c(Cl)cccc2Cl)C(=O)C12CCCCC2. The van der Waals surface area contributed by atoms with Gasteiger partial charge in [0, 0.05) is 22.7 Å². The van der Waals surface area contributed by atoms with Gasteiger partial charge in [-0.2, -0.15) is 0 Å². The van der Waals surface area contributed by atoms with Crippen LogP contribution in [0, 0.1) is 0 Å². The van der Waals surface area contributed by atoms with Gasteiger partial charge in [-0.1, -0.05) is 48.5 Å². The molecule has 4 nitrogen and oxygen atoms in total. The van der Waals surface area contributed by atoms with Crippen LogP contribution in [0.3, 0.4) is 0 Å². The van der Waals surface area contributed by atoms with Crippen LogP contribution in [0.2, 0.25) is 10.0 Å². The van der Waals surface area contributed by atoms with Crippen molar-refractivity contribution >= 4 is 35.1 Å². The van der Waals surface area contributed by atoms with Crippen LogP contribution in [0.25, 0.3) is 0 Å². The van der Waals surface area contributed by atoms with Crippen LogP contribution in [0.4, 0.5) is 4.79 Å². The van der Waals surface area contributed by atoms with E-state index in [4.69, 9.17) is 23.2 Å². The highest BCUT2D eigenvalue weighted by molar-refractivity contribution is 6.36. The maximum atomic E-state index is 12.9. The average Bonchev–Trinajstić information content (AvgIpc) is 2.68. The molecule has 1 spiro atoms. The van der Waals surface area contributed by atoms with Gasteiger partial charge < -0.3 is 4.90 Å². The van der Waals surface area contributed by atoms with Crippen molar-refractivity contribution in [3.8, 4) is 0 Å². The predicted octanol–water partition coefficient (Wildman–Crippen LogP) is 4.09. The summed E-state index contributed by atoms with van der Waals surface area (Å²) in [6, 6.07) is 4.92. The van der Waals surface area contributed by atoms with Crippen LogP contribution in [0.15, 0.2) is 18.2 Å². The molecule has 0 bridgehead atoms. The fourth-order valence-electron chi connectivity index (χ4n) is 3.51. The monoisotopic (exact) mass is 340 g/mol. The van der Waals surface area contributed by atoms with Crippen molar-refractivity contribution in [2.45, 2.75) is 44.2 Å². The van der Waals surface area contributed by atoms with Crippen LogP contribution in [-0.2, 0) is 11.3 Å². The molecule has 1 saturated carbocycles. The number of hydrogen-bond donors (Lipinski definition) is 0. The zero-order chi connectivity index (χ0) is 15.9. The summed E-state index contributed by atoms with van der Waals surface area (Å²) < 4.78 is 0. The number of rotatable bonds is 2. The van der Waals surface area contributed by atoms with E-state index in [0.29, 0.717) is 15.6 Å². The maximum Gasteiger partial charge on any atom is 0.327 e. The fourth-order valence-corrected chi connectivity index (χ4v) is 4.03. The van der Waals surface area contributed by atoms with Crippen LogP contribution >= 0.6 is 23.2 Å². The summed E-state index contributed by atoms with van der Waals surface area (Å²) in [4.78, 5) is 28.4. The summed E-state index contributed by atoms with van der Waals surface area (Å²) in [7, 11) is 1.72. The van der Waals surface area contributed by atoms with E-state index in [1.807, 2.05) is 0 Å². The van der Waals surface area contributed by atoms with Gasteiger partial charge in [-0.3, -0.25) is 9.69 Å². The molecule has 1 aromatic carbocycles. The van der Waals surface area contributed by atoms with Gasteiger partial charge in [0.2, 0.25) is 0 Å². The van der Waals surface area contributed by atoms with E-state index in [1.165, 1.54) is 4.90 Å². The molecular weight excluding hydrogens is 323 g/mol. The second-order valence-electron chi connectivity index (χ2n) is 6.03. The lowest BCUT2D eigenvalue weighted by Crippen LogP contribution is -2.49. The van der Waals surface area contributed by atoms with E-state index < -0.39 is 5.54 Å². The molecule has 3 rings (SSSR count). The molecule has 1 aliphatic carbocycles. The first-order valence-electron chi connectivity index (χ1n) is 7.50. The van der Waals surface area contributed by atoms with Crippen LogP contribution in [0.1, 0.15) is 37.7 Å². The molecule has 0 atom stereocenters. The van der Waals surface area contributed by atoms with Crippen molar-refractivity contribution < 1.29 is 9.59 Å². The minimum absolute atomic E-state index is 0.115. The zero-order valence-electron chi connectivity index (χ0n) is 12.4. The molecule has 3 amide bonds. The Labute approximate surface area is 140 Å². The number of nitrogens with zero attached hydrogens (tertiary/aromatic N) is 2. The van der Waals surface area contributed by atoms with E-state index >= 15 is 0 Å². The van der Waals surface area contributed by atoms with E-state index in [0.717, 1.165) is 32.1 Å². The zero-order valence-corrected chi connectivity index (χ0v) is 14.0. The minimum Gasteiger partial charge on any atom is -0.313 e. The maximum absolute atomic E-state index is 12.9. The molecule has 6 heteroatoms. The van der Waals surface area contributed by atoms with E-state index in [2.05, 4.69) is 0 Å². The summed E-state index contributed by atoms with van der Waals surface area (Å²) in [6.07, 6.45) is 4.54. The summed E-state index contributed by atoms with van der Waals surface area (Å²) in [5.74, 6) is -0.115. The molecule has 1 saturated heterocycles. The topological polar surface area (TPSA) is 40.6 Å². The Morgan fingerprint density at radius 3 is 2.27 bits per heavy atom. The van der Waals surface area contributed by atoms with Crippen LogP contribution < -0.4 is 0 Å². The first-order chi connectivity index (χ1) is 10.5. The number of urea groups is 1. The lowest BCUT2D eigenvalue weighted by molar-refractivity contribution is -0.134. The number of hydrogen-bond acceptors (Lipinski definition) is 2. The van der Waals surface area contributed by atoms with E-state index in [1.54, 1.807) is 30.1 Å². The standard InChI is InChI=1S/C16H18Cl2N2O2/c1-19-15(22)20(10-11-12(17)6-5-7-13(11)18)14(21)16(19)8-3-2-4-9-16/h5-7H,2-4,8-10H2,1H3. The Bertz CT molecular complexity index is 606. The average molecular weight is 341 g/mol. The molecule has 22 heavy (non-hydrogen) atoms. The first kappa shape index (κ1) is 15.6. The molecule has 0 unspecified atom stereocenters. The summed E-state index contributed by atoms with van der Waals surface area (Å²) in [5.41, 5.74) is -0.0444. The smallest absolute Gasteiger partial charge is 0.313 e. The lowest BCUT2D eigenvalue weighted by Gasteiger charge is -2.35. The van der Waals surface area contributed by atoms with E-state index in [-0.39, 0.29) is 18.5 Å². The molecule has 118 valence electrons. The minimum atomic E-state index is -0.664. The quantitative estimate of drug-likeness (QED) is 0.760. The van der Waals surface area contributed by atoms with Crippen molar-refractivity contribution in [1.29, 1.82) is 0 Å². The van der Waals surface area contributed by atoms with Crippen molar-refractivity contribution in [3.05, 3.63) is 33.8 Å². The van der Waals surface area contributed by atoms with Crippen LogP contribution in [0.5, 0.6) is 0 Å². The fraction of sp³-hybridized carbons (Fsp3) is 0.500. The van der Waals surface area contributed by atoms with Gasteiger partial charge in [0.05, 0.1) is 6.54 Å². The number of amides is 3. The van der Waals surface area contributed by atoms with E-state index in [9.17, 15) is 9.59 Å². The molecule has 0 aromatic heterocycles.